The van der Waals surface area contributed by atoms with Gasteiger partial charge in [-0.2, -0.15) is 0 Å². The van der Waals surface area contributed by atoms with Crippen LogP contribution in [-0.4, -0.2) is 24.6 Å². The van der Waals surface area contributed by atoms with Crippen molar-refractivity contribution in [3.63, 3.8) is 0 Å². The van der Waals surface area contributed by atoms with Crippen molar-refractivity contribution in [3.8, 4) is 17.1 Å². The summed E-state index contributed by atoms with van der Waals surface area (Å²) in [7, 11) is 1.67. The molecule has 0 saturated carbocycles. The number of aromatic nitrogens is 1. The Kier molecular flexibility index (Phi) is 8.98. The van der Waals surface area contributed by atoms with Crippen LogP contribution in [0.2, 0.25) is 0 Å². The van der Waals surface area contributed by atoms with E-state index in [9.17, 15) is 0 Å². The third kappa shape index (κ3) is 6.49. The first kappa shape index (κ1) is 22.7. The number of benzene rings is 2. The number of hydrogen-bond acceptors (Lipinski definition) is 4. The maximum atomic E-state index is 5.86. The molecule has 0 aliphatic rings. The molecule has 0 spiro atoms. The van der Waals surface area contributed by atoms with Gasteiger partial charge in [0.2, 0.25) is 5.89 Å². The molecule has 3 aromatic rings. The average Bonchev–Trinajstić information content (AvgIpc) is 3.20. The first-order valence-corrected chi connectivity index (χ1v) is 9.35. The molecule has 2 N–H and O–H groups in total. The molecule has 1 heterocycles. The van der Waals surface area contributed by atoms with Crippen LogP contribution in [0.3, 0.4) is 0 Å². The number of nitrogens with zero attached hydrogens (tertiary/aromatic N) is 2. The molecule has 3 rings (SSSR count). The minimum atomic E-state index is 0. The number of aliphatic imine (C=N–C) groups is 1. The summed E-state index contributed by atoms with van der Waals surface area (Å²) >= 11 is 0. The van der Waals surface area contributed by atoms with E-state index in [2.05, 4.69) is 39.7 Å². The second kappa shape index (κ2) is 11.5. The lowest BCUT2D eigenvalue weighted by molar-refractivity contribution is 0.410. The number of hydrogen-bond donors (Lipinski definition) is 2. The molecule has 0 fully saturated rings. The summed E-state index contributed by atoms with van der Waals surface area (Å²) < 4.78 is 11.2. The number of oxazole rings is 1. The molecule has 2 aromatic carbocycles. The minimum Gasteiger partial charge on any atom is -0.496 e. The lowest BCUT2D eigenvalue weighted by Crippen LogP contribution is -2.36. The van der Waals surface area contributed by atoms with E-state index in [0.717, 1.165) is 29.2 Å². The normalized spacial score (nSPS) is 10.9. The third-order valence-corrected chi connectivity index (χ3v) is 4.24. The van der Waals surface area contributed by atoms with Crippen molar-refractivity contribution in [2.75, 3.05) is 13.7 Å². The second-order valence-corrected chi connectivity index (χ2v) is 6.34. The highest BCUT2D eigenvalue weighted by Gasteiger charge is 2.08. The van der Waals surface area contributed by atoms with Crippen LogP contribution in [0, 0.1) is 6.92 Å². The maximum absolute atomic E-state index is 5.86. The number of guanidine groups is 1. The molecule has 0 atom stereocenters. The largest absolute Gasteiger partial charge is 0.496 e. The zero-order valence-corrected chi connectivity index (χ0v) is 19.3. The van der Waals surface area contributed by atoms with Crippen molar-refractivity contribution in [1.82, 2.24) is 15.6 Å². The van der Waals surface area contributed by atoms with Gasteiger partial charge in [0.15, 0.2) is 11.7 Å². The van der Waals surface area contributed by atoms with Crippen molar-refractivity contribution in [2.45, 2.75) is 26.9 Å². The van der Waals surface area contributed by atoms with E-state index >= 15 is 0 Å². The van der Waals surface area contributed by atoms with Crippen molar-refractivity contribution in [2.24, 2.45) is 4.99 Å². The Morgan fingerprint density at radius 1 is 1.10 bits per heavy atom. The van der Waals surface area contributed by atoms with Crippen LogP contribution in [-0.2, 0) is 13.1 Å². The molecule has 0 bridgehead atoms. The number of rotatable bonds is 7. The number of halogens is 1. The van der Waals surface area contributed by atoms with E-state index in [1.165, 1.54) is 5.56 Å². The van der Waals surface area contributed by atoms with E-state index in [-0.39, 0.29) is 24.0 Å². The zero-order valence-electron chi connectivity index (χ0n) is 16.9. The van der Waals surface area contributed by atoms with Gasteiger partial charge in [0.25, 0.3) is 0 Å². The summed E-state index contributed by atoms with van der Waals surface area (Å²) in [4.78, 5) is 8.99. The number of methoxy groups -OCH3 is 1. The smallest absolute Gasteiger partial charge is 0.214 e. The van der Waals surface area contributed by atoms with E-state index in [4.69, 9.17) is 9.15 Å². The third-order valence-electron chi connectivity index (χ3n) is 4.24. The quantitative estimate of drug-likeness (QED) is 0.280. The molecule has 0 aliphatic carbocycles. The summed E-state index contributed by atoms with van der Waals surface area (Å²) in [5.41, 5.74) is 3.26. The van der Waals surface area contributed by atoms with Crippen LogP contribution in [0.4, 0.5) is 0 Å². The predicted molar refractivity (Wildman–Crippen MR) is 127 cm³/mol. The zero-order chi connectivity index (χ0) is 19.8. The number of ether oxygens (including phenoxy) is 1. The van der Waals surface area contributed by atoms with Crippen LogP contribution < -0.4 is 15.4 Å². The first-order chi connectivity index (χ1) is 13.7. The number of aryl methyl sites for hydroxylation is 1. The van der Waals surface area contributed by atoms with Crippen LogP contribution in [0.25, 0.3) is 11.3 Å². The molecule has 0 radical (unpaired) electrons. The van der Waals surface area contributed by atoms with Crippen molar-refractivity contribution < 1.29 is 9.15 Å². The molecule has 29 heavy (non-hydrogen) atoms. The van der Waals surface area contributed by atoms with Crippen molar-refractivity contribution in [3.05, 3.63) is 71.7 Å². The Bertz CT molecular complexity index is 923. The fourth-order valence-corrected chi connectivity index (χ4v) is 2.74. The van der Waals surface area contributed by atoms with E-state index in [1.54, 1.807) is 13.3 Å². The second-order valence-electron chi connectivity index (χ2n) is 6.34. The fourth-order valence-electron chi connectivity index (χ4n) is 2.74. The predicted octanol–water partition coefficient (Wildman–Crippen LogP) is 4.53. The van der Waals surface area contributed by atoms with Crippen LogP contribution in [0.15, 0.2) is 64.1 Å². The van der Waals surface area contributed by atoms with Gasteiger partial charge in [-0.05, 0) is 19.9 Å². The Morgan fingerprint density at radius 3 is 2.59 bits per heavy atom. The first-order valence-electron chi connectivity index (χ1n) is 9.35. The maximum Gasteiger partial charge on any atom is 0.214 e. The van der Waals surface area contributed by atoms with Gasteiger partial charge in [-0.25, -0.2) is 9.98 Å². The molecule has 6 nitrogen and oxygen atoms in total. The van der Waals surface area contributed by atoms with Gasteiger partial charge < -0.3 is 19.8 Å². The summed E-state index contributed by atoms with van der Waals surface area (Å²) in [5.74, 6) is 2.90. The Labute approximate surface area is 188 Å². The lowest BCUT2D eigenvalue weighted by atomic mass is 10.1. The monoisotopic (exact) mass is 506 g/mol. The van der Waals surface area contributed by atoms with Gasteiger partial charge in [0.1, 0.15) is 5.75 Å². The van der Waals surface area contributed by atoms with Gasteiger partial charge in [0.05, 0.1) is 26.4 Å². The highest BCUT2D eigenvalue weighted by molar-refractivity contribution is 14.0. The van der Waals surface area contributed by atoms with E-state index < -0.39 is 0 Å². The highest BCUT2D eigenvalue weighted by atomic mass is 127. The Morgan fingerprint density at radius 2 is 1.86 bits per heavy atom. The molecule has 0 aliphatic heterocycles. The summed E-state index contributed by atoms with van der Waals surface area (Å²) in [5, 5.41) is 6.49. The number of para-hydroxylation sites is 1. The molecule has 0 amide bonds. The van der Waals surface area contributed by atoms with Crippen molar-refractivity contribution in [1.29, 1.82) is 0 Å². The molecule has 1 aromatic heterocycles. The van der Waals surface area contributed by atoms with Gasteiger partial charge in [-0.1, -0.05) is 48.0 Å². The Balaban J connectivity index is 0.00000300. The molecular weight excluding hydrogens is 479 g/mol. The average molecular weight is 506 g/mol. The Hall–Kier alpha value is -2.55. The number of nitrogens with one attached hydrogen (secondary N) is 2. The summed E-state index contributed by atoms with van der Waals surface area (Å²) in [6.07, 6.45) is 1.75. The summed E-state index contributed by atoms with van der Waals surface area (Å²) in [6.45, 7) is 5.81. The molecule has 0 unspecified atom stereocenters. The van der Waals surface area contributed by atoms with Gasteiger partial charge in [-0.3, -0.25) is 0 Å². The van der Waals surface area contributed by atoms with Crippen molar-refractivity contribution >= 4 is 29.9 Å². The molecule has 154 valence electrons. The molecular formula is C22H27IN4O2. The van der Waals surface area contributed by atoms with Gasteiger partial charge >= 0.3 is 0 Å². The van der Waals surface area contributed by atoms with Gasteiger partial charge in [-0.15, -0.1) is 24.0 Å². The van der Waals surface area contributed by atoms with Crippen LogP contribution in [0.5, 0.6) is 5.75 Å². The molecule has 7 heteroatoms. The van der Waals surface area contributed by atoms with Crippen LogP contribution in [0.1, 0.15) is 23.9 Å². The van der Waals surface area contributed by atoms with E-state index in [1.807, 2.05) is 43.3 Å². The minimum absolute atomic E-state index is 0. The molecule has 0 saturated heterocycles. The fraction of sp³-hybridized carbons (Fsp3) is 0.273. The standard InChI is InChI=1S/C22H26N4O2.HI/c1-4-23-22(25-13-18-7-5-6-8-19(18)27-3)26-15-21-24-14-20(28-21)17-11-9-16(2)10-12-17;/h5-12,14H,4,13,15H2,1-3H3,(H2,23,25,26);1H. The van der Waals surface area contributed by atoms with E-state index in [0.29, 0.717) is 24.9 Å². The summed E-state index contributed by atoms with van der Waals surface area (Å²) in [6, 6.07) is 16.1. The van der Waals surface area contributed by atoms with Gasteiger partial charge in [0, 0.05) is 17.7 Å². The lowest BCUT2D eigenvalue weighted by Gasteiger charge is -2.11. The highest BCUT2D eigenvalue weighted by Crippen LogP contribution is 2.21. The van der Waals surface area contributed by atoms with Crippen LogP contribution >= 0.6 is 24.0 Å². The SMILES string of the molecule is CCNC(=NCc1ccccc1OC)NCc1ncc(-c2ccc(C)cc2)o1.I. The topological polar surface area (TPSA) is 71.7 Å².